The molecule has 2 N–H and O–H groups in total. The summed E-state index contributed by atoms with van der Waals surface area (Å²) in [6, 6.07) is 4.70. The number of aromatic amines is 1. The van der Waals surface area contributed by atoms with Crippen LogP contribution in [0, 0.1) is 6.92 Å². The van der Waals surface area contributed by atoms with Gasteiger partial charge in [0.1, 0.15) is 5.69 Å². The molecule has 0 bridgehead atoms. The van der Waals surface area contributed by atoms with Gasteiger partial charge in [0.15, 0.2) is 0 Å². The molecule has 0 saturated heterocycles. The molecule has 1 aromatic carbocycles. The van der Waals surface area contributed by atoms with Crippen LogP contribution in [0.3, 0.4) is 0 Å². The van der Waals surface area contributed by atoms with Crippen molar-refractivity contribution in [2.24, 2.45) is 0 Å². The first-order chi connectivity index (χ1) is 12.3. The van der Waals surface area contributed by atoms with Gasteiger partial charge in [-0.1, -0.05) is 23.9 Å². The molecule has 0 saturated carbocycles. The summed E-state index contributed by atoms with van der Waals surface area (Å²) in [4.78, 5) is 25.9. The van der Waals surface area contributed by atoms with Crippen LogP contribution >= 0.6 is 11.8 Å². The van der Waals surface area contributed by atoms with Crippen molar-refractivity contribution < 1.29 is 18.0 Å². The summed E-state index contributed by atoms with van der Waals surface area (Å²) in [5.41, 5.74) is -1.48. The number of fused-ring (bicyclic) bond motifs is 1. The van der Waals surface area contributed by atoms with Crippen molar-refractivity contribution in [1.29, 1.82) is 0 Å². The van der Waals surface area contributed by atoms with E-state index in [1.165, 1.54) is 29.6 Å². The number of nitrogens with zero attached hydrogens (tertiary/aromatic N) is 4. The first kappa shape index (κ1) is 17.9. The molecule has 0 radical (unpaired) electrons. The van der Waals surface area contributed by atoms with E-state index in [0.29, 0.717) is 0 Å². The lowest BCUT2D eigenvalue weighted by Crippen LogP contribution is -2.18. The summed E-state index contributed by atoms with van der Waals surface area (Å²) < 4.78 is 40.1. The number of aromatic nitrogens is 5. The Balaban J connectivity index is 1.73. The Hall–Kier alpha value is -2.89. The SMILES string of the molecule is Cc1nn2c(SCC(=O)Nc3ccccc3C(F)(F)F)nnc2[nH]c1=O. The summed E-state index contributed by atoms with van der Waals surface area (Å²) in [7, 11) is 0. The van der Waals surface area contributed by atoms with Gasteiger partial charge >= 0.3 is 6.18 Å². The van der Waals surface area contributed by atoms with Crippen molar-refractivity contribution in [3.63, 3.8) is 0 Å². The third kappa shape index (κ3) is 3.69. The summed E-state index contributed by atoms with van der Waals surface area (Å²) in [6.45, 7) is 1.49. The molecule has 12 heteroatoms. The molecule has 8 nitrogen and oxygen atoms in total. The lowest BCUT2D eigenvalue weighted by atomic mass is 10.1. The van der Waals surface area contributed by atoms with E-state index in [1.54, 1.807) is 0 Å². The van der Waals surface area contributed by atoms with E-state index in [-0.39, 0.29) is 28.1 Å². The van der Waals surface area contributed by atoms with Gasteiger partial charge in [-0.15, -0.1) is 10.2 Å². The molecule has 2 aromatic heterocycles. The number of hydrogen-bond donors (Lipinski definition) is 2. The second-order valence-electron chi connectivity index (χ2n) is 5.14. The van der Waals surface area contributed by atoms with Crippen LogP contribution in [0.5, 0.6) is 0 Å². The maximum absolute atomic E-state index is 12.9. The molecular weight excluding hydrogens is 373 g/mol. The molecule has 0 aliphatic heterocycles. The van der Waals surface area contributed by atoms with E-state index < -0.39 is 23.2 Å². The molecule has 2 heterocycles. The van der Waals surface area contributed by atoms with Crippen LogP contribution in [0.1, 0.15) is 11.3 Å². The first-order valence-corrected chi connectivity index (χ1v) is 8.15. The van der Waals surface area contributed by atoms with Crippen LogP contribution in [-0.4, -0.2) is 36.5 Å². The molecular formula is C14H11F3N6O2S. The lowest BCUT2D eigenvalue weighted by molar-refractivity contribution is -0.137. The molecule has 3 aromatic rings. The van der Waals surface area contributed by atoms with Gasteiger partial charge in [0.25, 0.3) is 11.3 Å². The zero-order valence-corrected chi connectivity index (χ0v) is 14.0. The van der Waals surface area contributed by atoms with Gasteiger partial charge in [-0.2, -0.15) is 22.8 Å². The topological polar surface area (TPSA) is 105 Å². The molecule has 136 valence electrons. The second-order valence-corrected chi connectivity index (χ2v) is 6.08. The van der Waals surface area contributed by atoms with Crippen LogP contribution in [0.4, 0.5) is 18.9 Å². The minimum absolute atomic E-state index is 0.103. The Labute approximate surface area is 147 Å². The van der Waals surface area contributed by atoms with Gasteiger partial charge in [0, 0.05) is 0 Å². The Bertz CT molecular complexity index is 1030. The first-order valence-electron chi connectivity index (χ1n) is 7.17. The monoisotopic (exact) mass is 384 g/mol. The minimum Gasteiger partial charge on any atom is -0.325 e. The van der Waals surface area contributed by atoms with Crippen molar-refractivity contribution in [3.05, 3.63) is 45.9 Å². The lowest BCUT2D eigenvalue weighted by Gasteiger charge is -2.13. The molecule has 1 amide bonds. The number of H-pyrrole nitrogens is 1. The van der Waals surface area contributed by atoms with E-state index >= 15 is 0 Å². The highest BCUT2D eigenvalue weighted by Gasteiger charge is 2.33. The minimum atomic E-state index is -4.58. The van der Waals surface area contributed by atoms with E-state index in [2.05, 4.69) is 25.6 Å². The van der Waals surface area contributed by atoms with E-state index in [1.807, 2.05) is 0 Å². The molecule has 0 atom stereocenters. The predicted molar refractivity (Wildman–Crippen MR) is 86.9 cm³/mol. The number of para-hydroxylation sites is 1. The maximum Gasteiger partial charge on any atom is 0.418 e. The number of alkyl halides is 3. The van der Waals surface area contributed by atoms with Crippen LogP contribution < -0.4 is 10.9 Å². The number of aryl methyl sites for hydroxylation is 1. The van der Waals surface area contributed by atoms with Crippen molar-refractivity contribution in [1.82, 2.24) is 24.8 Å². The summed E-state index contributed by atoms with van der Waals surface area (Å²) >= 11 is 0.923. The number of anilines is 1. The number of thioether (sulfide) groups is 1. The number of carbonyl (C=O) groups excluding carboxylic acids is 1. The third-order valence-electron chi connectivity index (χ3n) is 3.25. The van der Waals surface area contributed by atoms with Crippen LogP contribution in [0.15, 0.2) is 34.2 Å². The molecule has 3 rings (SSSR count). The maximum atomic E-state index is 12.9. The fourth-order valence-electron chi connectivity index (χ4n) is 2.07. The molecule has 0 unspecified atom stereocenters. The van der Waals surface area contributed by atoms with Gasteiger partial charge in [0.2, 0.25) is 11.1 Å². The number of carbonyl (C=O) groups is 1. The van der Waals surface area contributed by atoms with E-state index in [4.69, 9.17) is 0 Å². The van der Waals surface area contributed by atoms with Gasteiger partial charge in [0.05, 0.1) is 17.0 Å². The summed E-state index contributed by atoms with van der Waals surface area (Å²) in [5.74, 6) is -0.761. The zero-order chi connectivity index (χ0) is 18.9. The van der Waals surface area contributed by atoms with Crippen LogP contribution in [-0.2, 0) is 11.0 Å². The molecule has 26 heavy (non-hydrogen) atoms. The van der Waals surface area contributed by atoms with Crippen molar-refractivity contribution in [2.75, 3.05) is 11.1 Å². The van der Waals surface area contributed by atoms with Gasteiger partial charge in [-0.25, -0.2) is 0 Å². The number of rotatable bonds is 4. The van der Waals surface area contributed by atoms with E-state index in [0.717, 1.165) is 17.8 Å². The molecule has 0 fully saturated rings. The average Bonchev–Trinajstić information content (AvgIpc) is 2.95. The van der Waals surface area contributed by atoms with Crippen LogP contribution in [0.2, 0.25) is 0 Å². The Kier molecular flexibility index (Phi) is 4.68. The number of nitrogens with one attached hydrogen (secondary N) is 2. The van der Waals surface area contributed by atoms with Crippen molar-refractivity contribution in [3.8, 4) is 0 Å². The normalized spacial score (nSPS) is 11.7. The van der Waals surface area contributed by atoms with Gasteiger partial charge < -0.3 is 5.32 Å². The van der Waals surface area contributed by atoms with Crippen LogP contribution in [0.25, 0.3) is 5.78 Å². The van der Waals surface area contributed by atoms with Gasteiger partial charge in [-0.3, -0.25) is 14.6 Å². The highest BCUT2D eigenvalue weighted by molar-refractivity contribution is 7.99. The largest absolute Gasteiger partial charge is 0.418 e. The average molecular weight is 384 g/mol. The number of amides is 1. The van der Waals surface area contributed by atoms with Crippen molar-refractivity contribution in [2.45, 2.75) is 18.3 Å². The second kappa shape index (κ2) is 6.78. The highest BCUT2D eigenvalue weighted by atomic mass is 32.2. The molecule has 0 aliphatic rings. The fourth-order valence-corrected chi connectivity index (χ4v) is 2.75. The Morgan fingerprint density at radius 1 is 1.31 bits per heavy atom. The Morgan fingerprint density at radius 3 is 2.77 bits per heavy atom. The number of halogens is 3. The summed E-state index contributed by atoms with van der Waals surface area (Å²) in [5, 5.41) is 14.0. The van der Waals surface area contributed by atoms with E-state index in [9.17, 15) is 22.8 Å². The molecule has 0 aliphatic carbocycles. The molecule has 0 spiro atoms. The van der Waals surface area contributed by atoms with Crippen molar-refractivity contribution >= 4 is 29.1 Å². The summed E-state index contributed by atoms with van der Waals surface area (Å²) in [6.07, 6.45) is -4.58. The fraction of sp³-hybridized carbons (Fsp3) is 0.214. The standard InChI is InChI=1S/C14H11F3N6O2S/c1-7-11(25)19-12-20-21-13(23(12)22-7)26-6-10(24)18-9-5-3-2-4-8(9)14(15,16)17/h2-5H,6H2,1H3,(H,18,24)(H,19,20,25). The number of benzene rings is 1. The predicted octanol–water partition coefficient (Wildman–Crippen LogP) is 1.87. The highest BCUT2D eigenvalue weighted by Crippen LogP contribution is 2.34. The third-order valence-corrected chi connectivity index (χ3v) is 4.17. The number of hydrogen-bond acceptors (Lipinski definition) is 6. The smallest absolute Gasteiger partial charge is 0.325 e. The quantitative estimate of drug-likeness (QED) is 0.666. The Morgan fingerprint density at radius 2 is 2.04 bits per heavy atom. The zero-order valence-electron chi connectivity index (χ0n) is 13.2. The van der Waals surface area contributed by atoms with Gasteiger partial charge in [-0.05, 0) is 19.1 Å².